The van der Waals surface area contributed by atoms with Crippen LogP contribution in [0.1, 0.15) is 43.9 Å². The molecular weight excluding hydrogens is 360 g/mol. The predicted octanol–water partition coefficient (Wildman–Crippen LogP) is 3.91. The van der Waals surface area contributed by atoms with Gasteiger partial charge in [0.25, 0.3) is 0 Å². The highest BCUT2D eigenvalue weighted by Gasteiger charge is 2.63. The maximum Gasteiger partial charge on any atom is 0.135 e. The fourth-order valence-corrected chi connectivity index (χ4v) is 5.78. The van der Waals surface area contributed by atoms with E-state index in [1.54, 1.807) is 0 Å². The molecule has 0 radical (unpaired) electrons. The van der Waals surface area contributed by atoms with Crippen molar-refractivity contribution in [3.05, 3.63) is 47.2 Å². The summed E-state index contributed by atoms with van der Waals surface area (Å²) in [5.74, 6) is -0.855. The van der Waals surface area contributed by atoms with Gasteiger partial charge in [0.2, 0.25) is 0 Å². The Kier molecular flexibility index (Phi) is 4.07. The molecule has 1 aromatic heterocycles. The molecule has 4 nitrogen and oxygen atoms in total. The summed E-state index contributed by atoms with van der Waals surface area (Å²) in [7, 11) is 0. The number of fused-ring (bicyclic) bond motifs is 5. The average Bonchev–Trinajstić information content (AvgIpc) is 3.02. The molecule has 5 rings (SSSR count). The Hall–Kier alpha value is -1.92. The van der Waals surface area contributed by atoms with Gasteiger partial charge >= 0.3 is 0 Å². The van der Waals surface area contributed by atoms with E-state index in [2.05, 4.69) is 28.9 Å². The number of benzene rings is 1. The molecule has 28 heavy (non-hydrogen) atoms. The zero-order valence-corrected chi connectivity index (χ0v) is 16.3. The smallest absolute Gasteiger partial charge is 0.135 e. The number of halogens is 2. The molecule has 2 aromatic rings. The van der Waals surface area contributed by atoms with Gasteiger partial charge in [0, 0.05) is 25.0 Å². The summed E-state index contributed by atoms with van der Waals surface area (Å²) in [5, 5.41) is 8.88. The molecule has 0 N–H and O–H groups in total. The van der Waals surface area contributed by atoms with Gasteiger partial charge in [-0.25, -0.2) is 8.78 Å². The molecule has 2 fully saturated rings. The predicted molar refractivity (Wildman–Crippen MR) is 102 cm³/mol. The molecule has 1 aromatic carbocycles. The lowest BCUT2D eigenvalue weighted by molar-refractivity contribution is 0.0151. The van der Waals surface area contributed by atoms with Crippen molar-refractivity contribution in [3.8, 4) is 11.3 Å². The van der Waals surface area contributed by atoms with Crippen molar-refractivity contribution >= 4 is 0 Å². The summed E-state index contributed by atoms with van der Waals surface area (Å²) in [4.78, 5) is 2.47. The van der Waals surface area contributed by atoms with E-state index in [9.17, 15) is 8.78 Å². The largest absolute Gasteiger partial charge is 0.379 e. The number of rotatable bonds is 3. The van der Waals surface area contributed by atoms with Crippen LogP contribution < -0.4 is 0 Å². The van der Waals surface area contributed by atoms with Crippen molar-refractivity contribution in [2.24, 2.45) is 5.41 Å². The molecule has 2 bridgehead atoms. The summed E-state index contributed by atoms with van der Waals surface area (Å²) in [6, 6.07) is 5.79. The molecule has 148 valence electrons. The van der Waals surface area contributed by atoms with E-state index in [0.29, 0.717) is 11.6 Å². The molecule has 2 aliphatic carbocycles. The molecule has 1 saturated heterocycles. The second-order valence-electron chi connectivity index (χ2n) is 8.91. The number of hydrogen-bond acceptors (Lipinski definition) is 4. The van der Waals surface area contributed by atoms with Gasteiger partial charge in [-0.15, -0.1) is 0 Å². The minimum atomic E-state index is -0.598. The van der Waals surface area contributed by atoms with Crippen LogP contribution in [0, 0.1) is 17.0 Å². The van der Waals surface area contributed by atoms with E-state index in [1.807, 2.05) is 6.07 Å². The average molecular weight is 385 g/mol. The first kappa shape index (κ1) is 18.1. The van der Waals surface area contributed by atoms with Crippen molar-refractivity contribution in [3.63, 3.8) is 0 Å². The Morgan fingerprint density at radius 1 is 1.14 bits per heavy atom. The maximum absolute atomic E-state index is 14.3. The Morgan fingerprint density at radius 3 is 2.57 bits per heavy atom. The molecule has 3 aliphatic rings. The molecule has 2 atom stereocenters. The fourth-order valence-electron chi connectivity index (χ4n) is 5.78. The van der Waals surface area contributed by atoms with Crippen LogP contribution in [0.4, 0.5) is 8.78 Å². The van der Waals surface area contributed by atoms with Gasteiger partial charge in [0.15, 0.2) is 0 Å². The monoisotopic (exact) mass is 385 g/mol. The van der Waals surface area contributed by atoms with Crippen LogP contribution in [0.5, 0.6) is 0 Å². The van der Waals surface area contributed by atoms with Gasteiger partial charge in [-0.2, -0.15) is 10.2 Å². The molecule has 0 spiro atoms. The summed E-state index contributed by atoms with van der Waals surface area (Å²) in [6.45, 7) is 8.97. The van der Waals surface area contributed by atoms with E-state index in [-0.39, 0.29) is 16.4 Å². The van der Waals surface area contributed by atoms with Crippen LogP contribution in [0.2, 0.25) is 0 Å². The topological polar surface area (TPSA) is 38.2 Å². The summed E-state index contributed by atoms with van der Waals surface area (Å²) in [6.07, 6.45) is 2.16. The van der Waals surface area contributed by atoms with Crippen molar-refractivity contribution < 1.29 is 13.5 Å². The van der Waals surface area contributed by atoms with Crippen molar-refractivity contribution in [2.75, 3.05) is 32.8 Å². The van der Waals surface area contributed by atoms with Gasteiger partial charge < -0.3 is 4.74 Å². The van der Waals surface area contributed by atoms with Gasteiger partial charge in [-0.1, -0.05) is 19.9 Å². The fraction of sp³-hybridized carbons (Fsp3) is 0.545. The third-order valence-corrected chi connectivity index (χ3v) is 7.43. The first-order chi connectivity index (χ1) is 13.4. The van der Waals surface area contributed by atoms with Crippen molar-refractivity contribution in [1.29, 1.82) is 0 Å². The number of nitrogens with zero attached hydrogens (tertiary/aromatic N) is 3. The normalized spacial score (nSPS) is 28.5. The zero-order valence-electron chi connectivity index (χ0n) is 16.3. The van der Waals surface area contributed by atoms with E-state index in [1.165, 1.54) is 18.2 Å². The minimum absolute atomic E-state index is 0.0364. The number of aromatic nitrogens is 2. The van der Waals surface area contributed by atoms with E-state index < -0.39 is 11.6 Å². The minimum Gasteiger partial charge on any atom is -0.379 e. The first-order valence-electron chi connectivity index (χ1n) is 10.1. The quantitative estimate of drug-likeness (QED) is 0.803. The molecule has 1 aliphatic heterocycles. The number of ether oxygens (including phenoxy) is 1. The molecular formula is C22H25F2N3O. The Morgan fingerprint density at radius 2 is 1.86 bits per heavy atom. The molecule has 6 heteroatoms. The highest BCUT2D eigenvalue weighted by Crippen LogP contribution is 2.67. The second-order valence-corrected chi connectivity index (χ2v) is 8.91. The highest BCUT2D eigenvalue weighted by molar-refractivity contribution is 5.63. The zero-order chi connectivity index (χ0) is 19.5. The van der Waals surface area contributed by atoms with Gasteiger partial charge in [0.05, 0.1) is 30.2 Å². The van der Waals surface area contributed by atoms with Crippen molar-refractivity contribution in [2.45, 2.75) is 38.0 Å². The Bertz CT molecular complexity index is 906. The van der Waals surface area contributed by atoms with E-state index in [4.69, 9.17) is 4.74 Å². The second kappa shape index (κ2) is 6.29. The Balaban J connectivity index is 1.59. The van der Waals surface area contributed by atoms with Gasteiger partial charge in [0.1, 0.15) is 11.6 Å². The van der Waals surface area contributed by atoms with Crippen LogP contribution in [0.3, 0.4) is 0 Å². The van der Waals surface area contributed by atoms with Crippen LogP contribution in [0.15, 0.2) is 24.3 Å². The van der Waals surface area contributed by atoms with Crippen molar-refractivity contribution in [1.82, 2.24) is 15.1 Å². The lowest BCUT2D eigenvalue weighted by Crippen LogP contribution is -2.49. The maximum atomic E-state index is 14.3. The van der Waals surface area contributed by atoms with E-state index in [0.717, 1.165) is 56.9 Å². The molecule has 2 heterocycles. The van der Waals surface area contributed by atoms with Gasteiger partial charge in [-0.05, 0) is 47.9 Å². The summed E-state index contributed by atoms with van der Waals surface area (Å²) < 4.78 is 34.1. The van der Waals surface area contributed by atoms with Crippen LogP contribution in [-0.4, -0.2) is 47.9 Å². The van der Waals surface area contributed by atoms with E-state index >= 15 is 0 Å². The van der Waals surface area contributed by atoms with Crippen LogP contribution in [-0.2, 0) is 10.2 Å². The lowest BCUT2D eigenvalue weighted by Gasteiger charge is -2.42. The SMILES string of the molecule is CC1(C)[C@H]2CC[C@]1(CN1CCOCC1)c1nnc(-c3c(F)cccc3F)cc12. The summed E-state index contributed by atoms with van der Waals surface area (Å²) >= 11 is 0. The standard InChI is InChI=1S/C22H25F2N3O/c1-21(2)15-6-7-22(21,13-27-8-10-28-11-9-27)20-14(15)12-18(25-26-20)19-16(23)4-3-5-17(19)24/h3-5,12,15H,6-11,13H2,1-2H3/t15-,22-/m0/s1. The molecule has 0 unspecified atom stereocenters. The third-order valence-electron chi connectivity index (χ3n) is 7.43. The first-order valence-corrected chi connectivity index (χ1v) is 10.1. The Labute approximate surface area is 163 Å². The van der Waals surface area contributed by atoms with Crippen LogP contribution in [0.25, 0.3) is 11.3 Å². The highest BCUT2D eigenvalue weighted by atomic mass is 19.1. The number of hydrogen-bond donors (Lipinski definition) is 0. The molecule has 0 amide bonds. The van der Waals surface area contributed by atoms with Gasteiger partial charge in [-0.3, -0.25) is 4.90 Å². The lowest BCUT2D eigenvalue weighted by atomic mass is 9.68. The molecule has 1 saturated carbocycles. The van der Waals surface area contributed by atoms with Crippen LogP contribution >= 0.6 is 0 Å². The summed E-state index contributed by atoms with van der Waals surface area (Å²) in [5.41, 5.74) is 2.33. The number of morpholine rings is 1. The third kappa shape index (κ3) is 2.40.